The molecule has 0 radical (unpaired) electrons. The van der Waals surface area contributed by atoms with E-state index in [1.807, 2.05) is 6.92 Å². The normalized spacial score (nSPS) is 29.8. The van der Waals surface area contributed by atoms with Crippen LogP contribution in [-0.2, 0) is 9.16 Å². The standard InChI is InChI=1S/C12H25N3O2Si/c1-9-10(14-15-13)7-8-11(16-9)17-18(5,6)12(2,3)4/h9-11H,7-8H2,1-6H3. The highest BCUT2D eigenvalue weighted by Gasteiger charge is 2.41. The minimum absolute atomic E-state index is 0.0609. The summed E-state index contributed by atoms with van der Waals surface area (Å²) in [6.07, 6.45) is 1.43. The van der Waals surface area contributed by atoms with E-state index < -0.39 is 8.32 Å². The van der Waals surface area contributed by atoms with Gasteiger partial charge in [-0.25, -0.2) is 0 Å². The summed E-state index contributed by atoms with van der Waals surface area (Å²) in [7, 11) is -1.79. The van der Waals surface area contributed by atoms with Crippen LogP contribution in [0.2, 0.25) is 18.1 Å². The van der Waals surface area contributed by atoms with Crippen molar-refractivity contribution >= 4 is 8.32 Å². The highest BCUT2D eigenvalue weighted by molar-refractivity contribution is 6.74. The molecule has 1 saturated heterocycles. The van der Waals surface area contributed by atoms with Gasteiger partial charge in [0.1, 0.15) is 6.29 Å². The van der Waals surface area contributed by atoms with Crippen LogP contribution in [0.3, 0.4) is 0 Å². The van der Waals surface area contributed by atoms with Crippen LogP contribution in [0, 0.1) is 0 Å². The predicted molar refractivity (Wildman–Crippen MR) is 74.8 cm³/mol. The molecule has 0 aromatic carbocycles. The Morgan fingerprint density at radius 3 is 2.39 bits per heavy atom. The lowest BCUT2D eigenvalue weighted by Crippen LogP contribution is -2.47. The second-order valence-electron chi connectivity index (χ2n) is 6.50. The van der Waals surface area contributed by atoms with Crippen LogP contribution < -0.4 is 0 Å². The SMILES string of the molecule is CC1OC(O[Si](C)(C)C(C)(C)C)CCC1N=[N+]=[N-]. The highest BCUT2D eigenvalue weighted by Crippen LogP contribution is 2.38. The van der Waals surface area contributed by atoms with Crippen molar-refractivity contribution in [2.75, 3.05) is 0 Å². The third-order valence-corrected chi connectivity index (χ3v) is 8.50. The molecule has 1 rings (SSSR count). The molecule has 1 aliphatic rings. The first-order valence-corrected chi connectivity index (χ1v) is 9.45. The Labute approximate surface area is 111 Å². The van der Waals surface area contributed by atoms with Gasteiger partial charge >= 0.3 is 0 Å². The van der Waals surface area contributed by atoms with Gasteiger partial charge in [0.05, 0.1) is 12.1 Å². The van der Waals surface area contributed by atoms with Gasteiger partial charge in [-0.2, -0.15) is 0 Å². The van der Waals surface area contributed by atoms with E-state index in [2.05, 4.69) is 43.9 Å². The summed E-state index contributed by atoms with van der Waals surface area (Å²) >= 11 is 0. The third-order valence-electron chi connectivity index (χ3n) is 4.04. The van der Waals surface area contributed by atoms with Gasteiger partial charge < -0.3 is 9.16 Å². The van der Waals surface area contributed by atoms with Gasteiger partial charge in [0.25, 0.3) is 0 Å². The molecular formula is C12H25N3O2Si. The molecular weight excluding hydrogens is 246 g/mol. The minimum atomic E-state index is -1.79. The van der Waals surface area contributed by atoms with E-state index in [1.54, 1.807) is 0 Å². The van der Waals surface area contributed by atoms with Crippen molar-refractivity contribution in [3.8, 4) is 0 Å². The molecule has 0 spiro atoms. The second-order valence-corrected chi connectivity index (χ2v) is 11.3. The number of rotatable bonds is 3. The first-order chi connectivity index (χ1) is 8.17. The Morgan fingerprint density at radius 2 is 1.94 bits per heavy atom. The van der Waals surface area contributed by atoms with Gasteiger partial charge in [0.15, 0.2) is 8.32 Å². The fraction of sp³-hybridized carbons (Fsp3) is 1.00. The smallest absolute Gasteiger partial charge is 0.195 e. The summed E-state index contributed by atoms with van der Waals surface area (Å²) in [5.74, 6) is 0. The maximum absolute atomic E-state index is 8.47. The molecule has 18 heavy (non-hydrogen) atoms. The predicted octanol–water partition coefficient (Wildman–Crippen LogP) is 4.21. The Morgan fingerprint density at radius 1 is 1.33 bits per heavy atom. The summed E-state index contributed by atoms with van der Waals surface area (Å²) in [5.41, 5.74) is 8.47. The van der Waals surface area contributed by atoms with Gasteiger partial charge in [-0.15, -0.1) is 0 Å². The van der Waals surface area contributed by atoms with Gasteiger partial charge in [0.2, 0.25) is 0 Å². The van der Waals surface area contributed by atoms with Crippen molar-refractivity contribution in [1.29, 1.82) is 0 Å². The van der Waals surface area contributed by atoms with Gasteiger partial charge in [-0.05, 0) is 43.4 Å². The average molecular weight is 271 g/mol. The van der Waals surface area contributed by atoms with Crippen molar-refractivity contribution in [1.82, 2.24) is 0 Å². The van der Waals surface area contributed by atoms with Gasteiger partial charge in [-0.1, -0.05) is 25.9 Å². The molecule has 0 aromatic rings. The largest absolute Gasteiger partial charge is 0.392 e. The first kappa shape index (κ1) is 15.5. The van der Waals surface area contributed by atoms with Crippen molar-refractivity contribution in [2.24, 2.45) is 5.11 Å². The fourth-order valence-electron chi connectivity index (χ4n) is 1.75. The molecule has 0 N–H and O–H groups in total. The van der Waals surface area contributed by atoms with E-state index in [4.69, 9.17) is 14.7 Å². The van der Waals surface area contributed by atoms with Crippen molar-refractivity contribution in [3.05, 3.63) is 10.4 Å². The maximum atomic E-state index is 8.47. The topological polar surface area (TPSA) is 67.2 Å². The van der Waals surface area contributed by atoms with Crippen LogP contribution in [-0.4, -0.2) is 26.8 Å². The molecule has 104 valence electrons. The fourth-order valence-corrected chi connectivity index (χ4v) is 2.93. The van der Waals surface area contributed by atoms with E-state index in [0.717, 1.165) is 12.8 Å². The molecule has 5 nitrogen and oxygen atoms in total. The lowest BCUT2D eigenvalue weighted by atomic mass is 10.0. The molecule has 0 bridgehead atoms. The molecule has 3 atom stereocenters. The number of hydrogen-bond acceptors (Lipinski definition) is 3. The third kappa shape index (κ3) is 3.72. The molecule has 1 heterocycles. The van der Waals surface area contributed by atoms with Crippen LogP contribution in [0.4, 0.5) is 0 Å². The molecule has 6 heteroatoms. The molecule has 0 aromatic heterocycles. The minimum Gasteiger partial charge on any atom is -0.392 e. The zero-order valence-corrected chi connectivity index (χ0v) is 13.3. The monoisotopic (exact) mass is 271 g/mol. The summed E-state index contributed by atoms with van der Waals surface area (Å²) in [4.78, 5) is 2.86. The quantitative estimate of drug-likeness (QED) is 0.334. The average Bonchev–Trinajstić information content (AvgIpc) is 2.20. The number of nitrogens with zero attached hydrogens (tertiary/aromatic N) is 3. The van der Waals surface area contributed by atoms with E-state index in [9.17, 15) is 0 Å². The Kier molecular flexibility index (Phi) is 4.83. The van der Waals surface area contributed by atoms with E-state index >= 15 is 0 Å². The summed E-state index contributed by atoms with van der Waals surface area (Å²) in [6.45, 7) is 13.0. The highest BCUT2D eigenvalue weighted by atomic mass is 28.4. The van der Waals surface area contributed by atoms with Crippen LogP contribution in [0.5, 0.6) is 0 Å². The van der Waals surface area contributed by atoms with E-state index in [-0.39, 0.29) is 23.5 Å². The molecule has 0 saturated carbocycles. The zero-order valence-electron chi connectivity index (χ0n) is 12.3. The van der Waals surface area contributed by atoms with Crippen molar-refractivity contribution < 1.29 is 9.16 Å². The Balaban J connectivity index is 2.60. The number of hydrogen-bond donors (Lipinski definition) is 0. The molecule has 3 unspecified atom stereocenters. The van der Waals surface area contributed by atoms with Crippen molar-refractivity contribution in [2.45, 2.75) is 77.1 Å². The Hall–Kier alpha value is -0.553. The molecule has 0 aliphatic carbocycles. The Bertz CT molecular complexity index is 335. The summed E-state index contributed by atoms with van der Waals surface area (Å²) in [5, 5.41) is 3.94. The van der Waals surface area contributed by atoms with Crippen LogP contribution in [0.1, 0.15) is 40.5 Å². The van der Waals surface area contributed by atoms with Crippen LogP contribution in [0.25, 0.3) is 10.4 Å². The first-order valence-electron chi connectivity index (χ1n) is 6.55. The summed E-state index contributed by atoms with van der Waals surface area (Å²) in [6, 6.07) is -0.0609. The van der Waals surface area contributed by atoms with Gasteiger partial charge in [0, 0.05) is 4.91 Å². The van der Waals surface area contributed by atoms with Gasteiger partial charge in [-0.3, -0.25) is 0 Å². The van der Waals surface area contributed by atoms with Crippen LogP contribution >= 0.6 is 0 Å². The van der Waals surface area contributed by atoms with E-state index in [0.29, 0.717) is 0 Å². The molecule has 0 amide bonds. The molecule has 1 fully saturated rings. The van der Waals surface area contributed by atoms with E-state index in [1.165, 1.54) is 0 Å². The number of azide groups is 1. The zero-order chi connectivity index (χ0) is 14.0. The molecule has 1 aliphatic heterocycles. The lowest BCUT2D eigenvalue weighted by molar-refractivity contribution is -0.153. The van der Waals surface area contributed by atoms with Crippen LogP contribution in [0.15, 0.2) is 5.11 Å². The number of ether oxygens (including phenoxy) is 1. The summed E-state index contributed by atoms with van der Waals surface area (Å²) < 4.78 is 12.1. The lowest BCUT2D eigenvalue weighted by Gasteiger charge is -2.42. The maximum Gasteiger partial charge on any atom is 0.195 e. The van der Waals surface area contributed by atoms with Crippen molar-refractivity contribution in [3.63, 3.8) is 0 Å². The second kappa shape index (κ2) is 5.61.